The van der Waals surface area contributed by atoms with Crippen LogP contribution in [0.2, 0.25) is 10.0 Å². The Labute approximate surface area is 176 Å². The van der Waals surface area contributed by atoms with E-state index in [-0.39, 0.29) is 5.91 Å². The summed E-state index contributed by atoms with van der Waals surface area (Å²) in [7, 11) is 0. The Morgan fingerprint density at radius 3 is 2.36 bits per heavy atom. The number of aryl methyl sites for hydroxylation is 1. The Bertz CT molecular complexity index is 872. The molecule has 1 aromatic carbocycles. The molecule has 0 spiro atoms. The number of amides is 1. The molecule has 1 amide bonds. The van der Waals surface area contributed by atoms with Crippen LogP contribution in [-0.4, -0.2) is 52.9 Å². The number of benzene rings is 1. The summed E-state index contributed by atoms with van der Waals surface area (Å²) in [5.41, 5.74) is 3.30. The van der Waals surface area contributed by atoms with Crippen LogP contribution in [-0.2, 0) is 0 Å². The van der Waals surface area contributed by atoms with Crippen LogP contribution < -0.4 is 0 Å². The Balaban J connectivity index is 1.45. The summed E-state index contributed by atoms with van der Waals surface area (Å²) < 4.78 is 0. The number of aromatic nitrogens is 1. The Morgan fingerprint density at radius 1 is 1.00 bits per heavy atom. The predicted molar refractivity (Wildman–Crippen MR) is 114 cm³/mol. The lowest BCUT2D eigenvalue weighted by Crippen LogP contribution is -2.46. The van der Waals surface area contributed by atoms with Crippen molar-refractivity contribution in [2.45, 2.75) is 38.6 Å². The number of rotatable bonds is 3. The molecule has 3 heterocycles. The standard InChI is InChI=1S/C22H25Cl2N3O/c1-15-12-17(16-4-5-19(23)20(24)13-16)14-25-21(15)22(28)27-10-6-18(7-11-27)26-8-2-3-9-26/h4-5,12-14,18H,2-3,6-11H2,1H3. The minimum atomic E-state index is 0.0399. The second-order valence-corrected chi connectivity index (χ2v) is 8.60. The summed E-state index contributed by atoms with van der Waals surface area (Å²) in [5.74, 6) is 0.0399. The van der Waals surface area contributed by atoms with E-state index in [0.717, 1.165) is 42.6 Å². The van der Waals surface area contributed by atoms with Crippen molar-refractivity contribution in [3.63, 3.8) is 0 Å². The first-order valence-electron chi connectivity index (χ1n) is 9.98. The van der Waals surface area contributed by atoms with Gasteiger partial charge in [-0.3, -0.25) is 9.78 Å². The van der Waals surface area contributed by atoms with Gasteiger partial charge in [0.2, 0.25) is 0 Å². The van der Waals surface area contributed by atoms with E-state index in [1.54, 1.807) is 12.3 Å². The smallest absolute Gasteiger partial charge is 0.272 e. The zero-order valence-corrected chi connectivity index (χ0v) is 17.6. The number of piperidine rings is 1. The van der Waals surface area contributed by atoms with Gasteiger partial charge in [-0.2, -0.15) is 0 Å². The van der Waals surface area contributed by atoms with Gasteiger partial charge < -0.3 is 9.80 Å². The van der Waals surface area contributed by atoms with Crippen LogP contribution in [0.25, 0.3) is 11.1 Å². The molecule has 4 rings (SSSR count). The number of halogens is 2. The van der Waals surface area contributed by atoms with Gasteiger partial charge in [-0.15, -0.1) is 0 Å². The minimum absolute atomic E-state index is 0.0399. The fourth-order valence-electron chi connectivity index (χ4n) is 4.32. The average Bonchev–Trinajstić information content (AvgIpc) is 3.24. The highest BCUT2D eigenvalue weighted by molar-refractivity contribution is 6.42. The van der Waals surface area contributed by atoms with E-state index < -0.39 is 0 Å². The Morgan fingerprint density at radius 2 is 1.71 bits per heavy atom. The van der Waals surface area contributed by atoms with Crippen LogP contribution in [0, 0.1) is 6.92 Å². The molecule has 2 aromatic rings. The molecule has 0 N–H and O–H groups in total. The Hall–Kier alpha value is -1.62. The first-order valence-corrected chi connectivity index (χ1v) is 10.7. The molecule has 1 aromatic heterocycles. The van der Waals surface area contributed by atoms with Crippen molar-refractivity contribution in [3.05, 3.63) is 51.8 Å². The summed E-state index contributed by atoms with van der Waals surface area (Å²) in [5, 5.41) is 1.04. The van der Waals surface area contributed by atoms with Gasteiger partial charge in [0.1, 0.15) is 5.69 Å². The first kappa shape index (κ1) is 19.7. The molecule has 2 fully saturated rings. The molecule has 0 aliphatic carbocycles. The number of carbonyl (C=O) groups is 1. The average molecular weight is 418 g/mol. The SMILES string of the molecule is Cc1cc(-c2ccc(Cl)c(Cl)c2)cnc1C(=O)N1CCC(N2CCCC2)CC1. The number of pyridine rings is 1. The molecule has 148 valence electrons. The molecule has 0 unspecified atom stereocenters. The van der Waals surface area contributed by atoms with Crippen LogP contribution in [0.4, 0.5) is 0 Å². The molecule has 4 nitrogen and oxygen atoms in total. The second kappa shape index (κ2) is 8.40. The molecular formula is C22H25Cl2N3O. The third-order valence-electron chi connectivity index (χ3n) is 5.94. The van der Waals surface area contributed by atoms with Crippen LogP contribution in [0.1, 0.15) is 41.7 Å². The molecule has 6 heteroatoms. The topological polar surface area (TPSA) is 36.4 Å². The maximum absolute atomic E-state index is 13.0. The number of carbonyl (C=O) groups excluding carboxylic acids is 1. The maximum Gasteiger partial charge on any atom is 0.272 e. The minimum Gasteiger partial charge on any atom is -0.337 e. The summed E-state index contributed by atoms with van der Waals surface area (Å²) in [6, 6.07) is 8.15. The molecule has 2 aliphatic rings. The third-order valence-corrected chi connectivity index (χ3v) is 6.68. The number of hydrogen-bond donors (Lipinski definition) is 0. The van der Waals surface area contributed by atoms with E-state index in [0.29, 0.717) is 21.8 Å². The van der Waals surface area contributed by atoms with Gasteiger partial charge in [0.05, 0.1) is 10.0 Å². The molecule has 0 bridgehead atoms. The van der Waals surface area contributed by atoms with Gasteiger partial charge in [-0.05, 0) is 75.0 Å². The monoisotopic (exact) mass is 417 g/mol. The lowest BCUT2D eigenvalue weighted by atomic mass is 10.0. The highest BCUT2D eigenvalue weighted by Crippen LogP contribution is 2.29. The van der Waals surface area contributed by atoms with Crippen LogP contribution >= 0.6 is 23.2 Å². The van der Waals surface area contributed by atoms with Gasteiger partial charge in [0.15, 0.2) is 0 Å². The fraction of sp³-hybridized carbons (Fsp3) is 0.455. The van der Waals surface area contributed by atoms with Crippen molar-refractivity contribution in [1.29, 1.82) is 0 Å². The molecule has 28 heavy (non-hydrogen) atoms. The van der Waals surface area contributed by atoms with Gasteiger partial charge >= 0.3 is 0 Å². The fourth-order valence-corrected chi connectivity index (χ4v) is 4.62. The van der Waals surface area contributed by atoms with E-state index in [1.165, 1.54) is 25.9 Å². The quantitative estimate of drug-likeness (QED) is 0.699. The van der Waals surface area contributed by atoms with Crippen LogP contribution in [0.3, 0.4) is 0 Å². The normalized spacial score (nSPS) is 18.6. The molecule has 0 radical (unpaired) electrons. The summed E-state index contributed by atoms with van der Waals surface area (Å²) in [6.45, 7) is 6.01. The van der Waals surface area contributed by atoms with Crippen LogP contribution in [0.15, 0.2) is 30.5 Å². The number of nitrogens with zero attached hydrogens (tertiary/aromatic N) is 3. The molecule has 0 atom stereocenters. The van der Waals surface area contributed by atoms with E-state index >= 15 is 0 Å². The summed E-state index contributed by atoms with van der Waals surface area (Å²) >= 11 is 12.1. The highest BCUT2D eigenvalue weighted by atomic mass is 35.5. The molecule has 0 saturated carbocycles. The van der Waals surface area contributed by atoms with Crippen molar-refractivity contribution in [2.24, 2.45) is 0 Å². The van der Waals surface area contributed by atoms with E-state index in [2.05, 4.69) is 9.88 Å². The van der Waals surface area contributed by atoms with E-state index in [4.69, 9.17) is 23.2 Å². The van der Waals surface area contributed by atoms with E-state index in [1.807, 2.05) is 30.0 Å². The van der Waals surface area contributed by atoms with Crippen molar-refractivity contribution in [1.82, 2.24) is 14.8 Å². The van der Waals surface area contributed by atoms with Gasteiger partial charge in [0.25, 0.3) is 5.91 Å². The number of hydrogen-bond acceptors (Lipinski definition) is 3. The van der Waals surface area contributed by atoms with Crippen molar-refractivity contribution in [3.8, 4) is 11.1 Å². The van der Waals surface area contributed by atoms with Crippen molar-refractivity contribution >= 4 is 29.1 Å². The van der Waals surface area contributed by atoms with Crippen molar-refractivity contribution < 1.29 is 4.79 Å². The third kappa shape index (κ3) is 4.05. The lowest BCUT2D eigenvalue weighted by Gasteiger charge is -2.36. The molecule has 2 saturated heterocycles. The lowest BCUT2D eigenvalue weighted by molar-refractivity contribution is 0.0638. The first-order chi connectivity index (χ1) is 13.5. The molecular weight excluding hydrogens is 393 g/mol. The maximum atomic E-state index is 13.0. The van der Waals surface area contributed by atoms with Gasteiger partial charge in [0, 0.05) is 30.9 Å². The largest absolute Gasteiger partial charge is 0.337 e. The zero-order valence-electron chi connectivity index (χ0n) is 16.1. The van der Waals surface area contributed by atoms with Gasteiger partial charge in [-0.25, -0.2) is 0 Å². The summed E-state index contributed by atoms with van der Waals surface area (Å²) in [6.07, 6.45) is 6.50. The van der Waals surface area contributed by atoms with Gasteiger partial charge in [-0.1, -0.05) is 29.3 Å². The van der Waals surface area contributed by atoms with E-state index in [9.17, 15) is 4.79 Å². The molecule has 2 aliphatic heterocycles. The highest BCUT2D eigenvalue weighted by Gasteiger charge is 2.29. The zero-order chi connectivity index (χ0) is 19.7. The number of likely N-dealkylation sites (tertiary alicyclic amines) is 2. The predicted octanol–water partition coefficient (Wildman–Crippen LogP) is 5.06. The van der Waals surface area contributed by atoms with Crippen molar-refractivity contribution in [2.75, 3.05) is 26.2 Å². The Kier molecular flexibility index (Phi) is 5.91. The van der Waals surface area contributed by atoms with Crippen LogP contribution in [0.5, 0.6) is 0 Å². The second-order valence-electron chi connectivity index (χ2n) is 7.78. The summed E-state index contributed by atoms with van der Waals surface area (Å²) in [4.78, 5) is 22.1.